The molecule has 0 unspecified atom stereocenters. The van der Waals surface area contributed by atoms with E-state index < -0.39 is 17.4 Å². The van der Waals surface area contributed by atoms with Crippen LogP contribution in [0.15, 0.2) is 53.3 Å². The van der Waals surface area contributed by atoms with Gasteiger partial charge in [0.1, 0.15) is 5.82 Å². The Morgan fingerprint density at radius 3 is 2.16 bits per heavy atom. The monoisotopic (exact) mass is 419 g/mol. The van der Waals surface area contributed by atoms with Gasteiger partial charge in [-0.15, -0.1) is 0 Å². The lowest BCUT2D eigenvalue weighted by molar-refractivity contribution is 0.0879. The summed E-state index contributed by atoms with van der Waals surface area (Å²) in [6.45, 7) is 0. The van der Waals surface area contributed by atoms with E-state index in [1.54, 1.807) is 30.3 Å². The number of rotatable bonds is 5. The molecule has 2 amide bonds. The number of ether oxygens (including phenoxy) is 2. The van der Waals surface area contributed by atoms with Crippen LogP contribution in [0.4, 0.5) is 5.82 Å². The molecule has 9 heteroatoms. The number of nitrogens with two attached hydrogens (primary N) is 1. The van der Waals surface area contributed by atoms with Crippen molar-refractivity contribution < 1.29 is 23.9 Å². The predicted octanol–water partition coefficient (Wildman–Crippen LogP) is 1.55. The molecule has 2 heterocycles. The molecule has 0 saturated carbocycles. The number of anilines is 1. The lowest BCUT2D eigenvalue weighted by Crippen LogP contribution is -2.24. The summed E-state index contributed by atoms with van der Waals surface area (Å²) < 4.78 is 11.5. The van der Waals surface area contributed by atoms with Gasteiger partial charge in [-0.2, -0.15) is 0 Å². The number of methoxy groups -OCH3 is 2. The summed E-state index contributed by atoms with van der Waals surface area (Å²) in [4.78, 5) is 49.1. The summed E-state index contributed by atoms with van der Waals surface area (Å²) in [5, 5.41) is 2.11. The first-order valence-electron chi connectivity index (χ1n) is 9.14. The highest BCUT2D eigenvalue weighted by Gasteiger charge is 2.31. The molecule has 3 N–H and O–H groups in total. The molecule has 2 aromatic carbocycles. The molecule has 4 rings (SSSR count). The van der Waals surface area contributed by atoms with Crippen LogP contribution in [0.3, 0.4) is 0 Å². The lowest BCUT2D eigenvalue weighted by atomic mass is 10.0. The van der Waals surface area contributed by atoms with Crippen LogP contribution in [-0.2, 0) is 0 Å². The average molecular weight is 419 g/mol. The Kier molecular flexibility index (Phi) is 4.78. The molecule has 0 bridgehead atoms. The van der Waals surface area contributed by atoms with Crippen molar-refractivity contribution in [2.75, 3.05) is 20.0 Å². The van der Waals surface area contributed by atoms with E-state index in [1.807, 2.05) is 0 Å². The Balaban J connectivity index is 1.71. The molecule has 0 saturated heterocycles. The van der Waals surface area contributed by atoms with Crippen molar-refractivity contribution in [1.82, 2.24) is 9.88 Å². The van der Waals surface area contributed by atoms with Gasteiger partial charge in [0, 0.05) is 17.2 Å². The summed E-state index contributed by atoms with van der Waals surface area (Å²) in [7, 11) is 2.98. The number of nitrogens with one attached hydrogen (secondary N) is 1. The first-order valence-corrected chi connectivity index (χ1v) is 9.14. The van der Waals surface area contributed by atoms with Crippen molar-refractivity contribution >= 4 is 23.4 Å². The number of hydrogen-bond acceptors (Lipinski definition) is 7. The van der Waals surface area contributed by atoms with E-state index in [9.17, 15) is 19.2 Å². The number of pyridine rings is 1. The number of hydrogen-bond donors (Lipinski definition) is 2. The minimum absolute atomic E-state index is 0.0462. The summed E-state index contributed by atoms with van der Waals surface area (Å²) in [6, 6.07) is 12.0. The molecule has 9 nitrogen and oxygen atoms in total. The van der Waals surface area contributed by atoms with Gasteiger partial charge in [0.2, 0.25) is 0 Å². The van der Waals surface area contributed by atoms with Crippen molar-refractivity contribution in [3.05, 3.63) is 81.1 Å². The number of carbonyl (C=O) groups excluding carboxylic acids is 3. The van der Waals surface area contributed by atoms with E-state index in [-0.39, 0.29) is 22.7 Å². The van der Waals surface area contributed by atoms with Crippen LogP contribution < -0.4 is 26.1 Å². The van der Waals surface area contributed by atoms with Gasteiger partial charge in [0.25, 0.3) is 17.4 Å². The van der Waals surface area contributed by atoms with Crippen LogP contribution in [0.1, 0.15) is 36.6 Å². The third-order valence-corrected chi connectivity index (χ3v) is 4.99. The number of carbonyl (C=O) groups is 3. The summed E-state index contributed by atoms with van der Waals surface area (Å²) in [5.74, 6) is -0.798. The molecular formula is C22H17N3O6. The fourth-order valence-electron chi connectivity index (χ4n) is 3.45. The molecule has 1 aliphatic heterocycles. The zero-order valence-corrected chi connectivity index (χ0v) is 16.6. The van der Waals surface area contributed by atoms with E-state index in [2.05, 4.69) is 5.32 Å². The first kappa shape index (κ1) is 19.9. The Morgan fingerprint density at radius 2 is 1.52 bits per heavy atom. The number of nitrogen functional groups attached to an aromatic ring is 1. The number of ketones is 1. The minimum Gasteiger partial charge on any atom is -0.493 e. The van der Waals surface area contributed by atoms with Gasteiger partial charge >= 0.3 is 0 Å². The number of aromatic nitrogens is 1. The van der Waals surface area contributed by atoms with E-state index >= 15 is 0 Å². The van der Waals surface area contributed by atoms with Gasteiger partial charge in [-0.3, -0.25) is 29.1 Å². The van der Waals surface area contributed by atoms with E-state index in [1.165, 1.54) is 26.4 Å². The third-order valence-electron chi connectivity index (χ3n) is 4.99. The van der Waals surface area contributed by atoms with E-state index in [4.69, 9.17) is 15.2 Å². The third kappa shape index (κ3) is 3.21. The van der Waals surface area contributed by atoms with Gasteiger partial charge in [0.15, 0.2) is 17.3 Å². The number of benzene rings is 2. The fraction of sp³-hybridized carbons (Fsp3) is 0.0909. The highest BCUT2D eigenvalue weighted by atomic mass is 16.5. The molecular weight excluding hydrogens is 402 g/mol. The van der Waals surface area contributed by atoms with Crippen LogP contribution in [0, 0.1) is 0 Å². The average Bonchev–Trinajstić information content (AvgIpc) is 3.06. The quantitative estimate of drug-likeness (QED) is 0.474. The Hall–Kier alpha value is -4.40. The van der Waals surface area contributed by atoms with E-state index in [0.29, 0.717) is 28.3 Å². The highest BCUT2D eigenvalue weighted by Crippen LogP contribution is 2.29. The SMILES string of the molecule is COc1ccc(C(=O)c2ccc(-n3c(N)c4c(cc3=O)C(=O)NC4=O)cc2)cc1OC. The summed E-state index contributed by atoms with van der Waals surface area (Å²) >= 11 is 0. The molecule has 0 radical (unpaired) electrons. The van der Waals surface area contributed by atoms with Gasteiger partial charge < -0.3 is 15.2 Å². The van der Waals surface area contributed by atoms with Crippen LogP contribution in [0.2, 0.25) is 0 Å². The Bertz CT molecular complexity index is 1310. The zero-order chi connectivity index (χ0) is 22.3. The maximum Gasteiger partial charge on any atom is 0.262 e. The minimum atomic E-state index is -0.661. The number of fused-ring (bicyclic) bond motifs is 1. The van der Waals surface area contributed by atoms with Gasteiger partial charge in [-0.1, -0.05) is 0 Å². The highest BCUT2D eigenvalue weighted by molar-refractivity contribution is 6.23. The van der Waals surface area contributed by atoms with Crippen LogP contribution in [0.5, 0.6) is 11.5 Å². The predicted molar refractivity (Wildman–Crippen MR) is 111 cm³/mol. The van der Waals surface area contributed by atoms with Crippen molar-refractivity contribution in [3.8, 4) is 17.2 Å². The second-order valence-electron chi connectivity index (χ2n) is 6.72. The largest absolute Gasteiger partial charge is 0.493 e. The normalized spacial score (nSPS) is 12.3. The molecule has 0 fully saturated rings. The lowest BCUT2D eigenvalue weighted by Gasteiger charge is -2.12. The standard InChI is InChI=1S/C22H17N3O6/c1-30-15-8-5-12(9-16(15)31-2)19(27)11-3-6-13(7-4-11)25-17(26)10-14-18(20(25)23)22(29)24-21(14)28/h3-10H,23H2,1-2H3,(H,24,28,29). The number of imide groups is 1. The van der Waals surface area contributed by atoms with Crippen molar-refractivity contribution in [3.63, 3.8) is 0 Å². The summed E-state index contributed by atoms with van der Waals surface area (Å²) in [5.41, 5.74) is 6.48. The number of nitrogens with zero attached hydrogens (tertiary/aromatic N) is 1. The second kappa shape index (κ2) is 7.45. The van der Waals surface area contributed by atoms with Crippen LogP contribution in [0.25, 0.3) is 5.69 Å². The molecule has 0 spiro atoms. The molecule has 1 aromatic heterocycles. The van der Waals surface area contributed by atoms with Crippen molar-refractivity contribution in [2.24, 2.45) is 0 Å². The van der Waals surface area contributed by atoms with Gasteiger partial charge in [-0.25, -0.2) is 0 Å². The van der Waals surface area contributed by atoms with Crippen molar-refractivity contribution in [1.29, 1.82) is 0 Å². The van der Waals surface area contributed by atoms with Gasteiger partial charge in [-0.05, 0) is 42.5 Å². The maximum absolute atomic E-state index is 12.8. The smallest absolute Gasteiger partial charge is 0.262 e. The molecule has 0 aliphatic carbocycles. The molecule has 31 heavy (non-hydrogen) atoms. The van der Waals surface area contributed by atoms with Crippen LogP contribution in [-0.4, -0.2) is 36.4 Å². The summed E-state index contributed by atoms with van der Waals surface area (Å²) in [6.07, 6.45) is 0. The Morgan fingerprint density at radius 1 is 0.871 bits per heavy atom. The first-order chi connectivity index (χ1) is 14.8. The Labute approximate surface area is 176 Å². The molecule has 3 aromatic rings. The molecule has 1 aliphatic rings. The second-order valence-corrected chi connectivity index (χ2v) is 6.72. The topological polar surface area (TPSA) is 130 Å². The van der Waals surface area contributed by atoms with E-state index in [0.717, 1.165) is 10.6 Å². The number of amides is 2. The zero-order valence-electron chi connectivity index (χ0n) is 16.6. The molecule has 156 valence electrons. The fourth-order valence-corrected chi connectivity index (χ4v) is 3.45. The maximum atomic E-state index is 12.8. The van der Waals surface area contributed by atoms with Crippen molar-refractivity contribution in [2.45, 2.75) is 0 Å². The van der Waals surface area contributed by atoms with Crippen LogP contribution >= 0.6 is 0 Å². The molecule has 0 atom stereocenters. The van der Waals surface area contributed by atoms with Gasteiger partial charge in [0.05, 0.1) is 31.0 Å².